The molecule has 0 bridgehead atoms. The predicted octanol–water partition coefficient (Wildman–Crippen LogP) is -0.0701. The maximum absolute atomic E-state index is 4.36. The molecule has 0 atom stereocenters. The van der Waals surface area contributed by atoms with Gasteiger partial charge in [0.1, 0.15) is 13.7 Å². The molecule has 1 aromatic carbocycles. The van der Waals surface area contributed by atoms with E-state index in [9.17, 15) is 0 Å². The van der Waals surface area contributed by atoms with Gasteiger partial charge < -0.3 is 5.32 Å². The number of benzene rings is 1. The van der Waals surface area contributed by atoms with Gasteiger partial charge in [0.05, 0.1) is 17.2 Å². The lowest BCUT2D eigenvalue weighted by molar-refractivity contribution is 1.27. The van der Waals surface area contributed by atoms with Crippen molar-refractivity contribution in [3.63, 3.8) is 0 Å². The van der Waals surface area contributed by atoms with Crippen LogP contribution in [0.2, 0.25) is 0 Å². The minimum absolute atomic E-state index is 0.802. The van der Waals surface area contributed by atoms with Gasteiger partial charge in [-0.3, -0.25) is 4.98 Å². The molecule has 2 aromatic rings. The minimum Gasteiger partial charge on any atom is -0.372 e. The number of anilines is 1. The Balaban J connectivity index is 2.66. The zero-order valence-electron chi connectivity index (χ0n) is 7.70. The summed E-state index contributed by atoms with van der Waals surface area (Å²) in [6.07, 6.45) is 1.74. The number of nitrogens with one attached hydrogen (secondary N) is 1. The van der Waals surface area contributed by atoms with Gasteiger partial charge in [0.2, 0.25) is 0 Å². The highest BCUT2D eigenvalue weighted by molar-refractivity contribution is 6.33. The lowest BCUT2D eigenvalue weighted by Crippen LogP contribution is -2.02. The summed E-state index contributed by atoms with van der Waals surface area (Å²) in [5, 5.41) is 2.96. The van der Waals surface area contributed by atoms with Crippen molar-refractivity contribution in [3.8, 4) is 0 Å². The topological polar surface area (TPSA) is 37.8 Å². The van der Waals surface area contributed by atoms with Crippen molar-refractivity contribution in [2.24, 2.45) is 0 Å². The Hall–Kier alpha value is -1.58. The van der Waals surface area contributed by atoms with E-state index in [1.165, 1.54) is 5.46 Å². The number of hydrogen-bond donors (Lipinski definition) is 1. The zero-order chi connectivity index (χ0) is 9.26. The maximum Gasteiger partial charge on any atom is 0.144 e. The summed E-state index contributed by atoms with van der Waals surface area (Å²) >= 11 is 0. The second kappa shape index (κ2) is 3.05. The molecule has 64 valence electrons. The van der Waals surface area contributed by atoms with Crippen LogP contribution in [0.3, 0.4) is 0 Å². The normalized spacial score (nSPS) is 10.2. The maximum atomic E-state index is 4.36. The van der Waals surface area contributed by atoms with Crippen molar-refractivity contribution in [3.05, 3.63) is 24.4 Å². The molecule has 2 rings (SSSR count). The standard InChI is InChI=1S/C9H10BN3/c1-11-9-5-12-8-4-6(10)2-3-7(8)13-9/h2-5H,10H2,1H3,(H,11,13). The molecule has 13 heavy (non-hydrogen) atoms. The highest BCUT2D eigenvalue weighted by Gasteiger charge is 1.97. The molecular weight excluding hydrogens is 161 g/mol. The predicted molar refractivity (Wildman–Crippen MR) is 57.3 cm³/mol. The van der Waals surface area contributed by atoms with Gasteiger partial charge in [-0.15, -0.1) is 0 Å². The summed E-state index contributed by atoms with van der Waals surface area (Å²) in [7, 11) is 3.89. The molecule has 0 saturated heterocycles. The second-order valence-electron chi connectivity index (χ2n) is 3.00. The number of fused-ring (bicyclic) bond motifs is 1. The number of aromatic nitrogens is 2. The fourth-order valence-corrected chi connectivity index (χ4v) is 1.24. The number of hydrogen-bond acceptors (Lipinski definition) is 3. The van der Waals surface area contributed by atoms with Crippen LogP contribution in [0.25, 0.3) is 11.0 Å². The molecular formula is C9H10BN3. The fourth-order valence-electron chi connectivity index (χ4n) is 1.24. The average molecular weight is 171 g/mol. The van der Waals surface area contributed by atoms with E-state index in [2.05, 4.69) is 15.3 Å². The molecule has 3 nitrogen and oxygen atoms in total. The Kier molecular flexibility index (Phi) is 1.89. The average Bonchev–Trinajstić information content (AvgIpc) is 2.17. The Morgan fingerprint density at radius 1 is 1.31 bits per heavy atom. The van der Waals surface area contributed by atoms with Gasteiger partial charge in [-0.25, -0.2) is 4.98 Å². The summed E-state index contributed by atoms with van der Waals surface area (Å²) in [6, 6.07) is 6.05. The molecule has 0 saturated carbocycles. The Bertz CT molecular complexity index is 442. The van der Waals surface area contributed by atoms with Crippen molar-refractivity contribution in [1.82, 2.24) is 9.97 Å². The van der Waals surface area contributed by atoms with Gasteiger partial charge in [0.25, 0.3) is 0 Å². The third-order valence-corrected chi connectivity index (χ3v) is 1.95. The van der Waals surface area contributed by atoms with Crippen molar-refractivity contribution in [2.45, 2.75) is 0 Å². The SMILES string of the molecule is Bc1ccc2nc(NC)cnc2c1. The van der Waals surface area contributed by atoms with Gasteiger partial charge >= 0.3 is 0 Å². The highest BCUT2D eigenvalue weighted by Crippen LogP contribution is 2.09. The van der Waals surface area contributed by atoms with E-state index in [0.29, 0.717) is 0 Å². The molecule has 1 heterocycles. The highest BCUT2D eigenvalue weighted by atomic mass is 15.0. The van der Waals surface area contributed by atoms with E-state index in [0.717, 1.165) is 16.9 Å². The summed E-state index contributed by atoms with van der Waals surface area (Å²) < 4.78 is 0. The van der Waals surface area contributed by atoms with Crippen molar-refractivity contribution in [2.75, 3.05) is 12.4 Å². The van der Waals surface area contributed by atoms with Crippen molar-refractivity contribution in [1.29, 1.82) is 0 Å². The van der Waals surface area contributed by atoms with Crippen LogP contribution in [-0.2, 0) is 0 Å². The minimum atomic E-state index is 0.802. The number of nitrogens with zero attached hydrogens (tertiary/aromatic N) is 2. The van der Waals surface area contributed by atoms with Gasteiger partial charge in [0.15, 0.2) is 0 Å². The largest absolute Gasteiger partial charge is 0.372 e. The van der Waals surface area contributed by atoms with Gasteiger partial charge in [-0.2, -0.15) is 0 Å². The van der Waals surface area contributed by atoms with E-state index in [1.54, 1.807) is 6.20 Å². The smallest absolute Gasteiger partial charge is 0.144 e. The Labute approximate surface area is 77.6 Å². The summed E-state index contributed by atoms with van der Waals surface area (Å²) in [5.74, 6) is 0.802. The molecule has 0 unspecified atom stereocenters. The van der Waals surface area contributed by atoms with Crippen LogP contribution in [0.1, 0.15) is 0 Å². The third kappa shape index (κ3) is 1.47. The van der Waals surface area contributed by atoms with E-state index >= 15 is 0 Å². The third-order valence-electron chi connectivity index (χ3n) is 1.95. The van der Waals surface area contributed by atoms with Gasteiger partial charge in [0, 0.05) is 7.05 Å². The van der Waals surface area contributed by atoms with E-state index in [-0.39, 0.29) is 0 Å². The van der Waals surface area contributed by atoms with Gasteiger partial charge in [-0.05, 0) is 12.1 Å². The van der Waals surface area contributed by atoms with Crippen LogP contribution in [0.15, 0.2) is 24.4 Å². The molecule has 0 spiro atoms. The quantitative estimate of drug-likeness (QED) is 0.610. The number of rotatable bonds is 1. The summed E-state index contributed by atoms with van der Waals surface area (Å²) in [5.41, 5.74) is 3.08. The molecule has 0 aliphatic heterocycles. The molecule has 0 aliphatic rings. The second-order valence-corrected chi connectivity index (χ2v) is 3.00. The zero-order valence-corrected chi connectivity index (χ0v) is 7.70. The van der Waals surface area contributed by atoms with E-state index in [1.807, 2.05) is 33.1 Å². The molecule has 0 radical (unpaired) electrons. The van der Waals surface area contributed by atoms with Gasteiger partial charge in [-0.1, -0.05) is 11.5 Å². The summed E-state index contributed by atoms with van der Waals surface area (Å²) in [6.45, 7) is 0. The lowest BCUT2D eigenvalue weighted by Gasteiger charge is -2.01. The molecule has 0 aliphatic carbocycles. The fraction of sp³-hybridized carbons (Fsp3) is 0.111. The molecule has 0 amide bonds. The molecule has 1 aromatic heterocycles. The molecule has 4 heteroatoms. The Morgan fingerprint density at radius 3 is 2.92 bits per heavy atom. The van der Waals surface area contributed by atoms with Crippen LogP contribution >= 0.6 is 0 Å². The Morgan fingerprint density at radius 2 is 2.15 bits per heavy atom. The van der Waals surface area contributed by atoms with E-state index in [4.69, 9.17) is 0 Å². The first kappa shape index (κ1) is 8.04. The van der Waals surface area contributed by atoms with Crippen LogP contribution in [0, 0.1) is 0 Å². The summed E-state index contributed by atoms with van der Waals surface area (Å²) in [4.78, 5) is 8.65. The monoisotopic (exact) mass is 171 g/mol. The first-order chi connectivity index (χ1) is 6.29. The van der Waals surface area contributed by atoms with Crippen molar-refractivity contribution < 1.29 is 0 Å². The van der Waals surface area contributed by atoms with Crippen LogP contribution in [0.4, 0.5) is 5.82 Å². The lowest BCUT2D eigenvalue weighted by atomic mass is 9.96. The van der Waals surface area contributed by atoms with E-state index < -0.39 is 0 Å². The van der Waals surface area contributed by atoms with Crippen LogP contribution in [0.5, 0.6) is 0 Å². The van der Waals surface area contributed by atoms with Crippen LogP contribution in [-0.4, -0.2) is 24.9 Å². The molecule has 0 fully saturated rings. The van der Waals surface area contributed by atoms with Crippen LogP contribution < -0.4 is 10.8 Å². The first-order valence-electron chi connectivity index (χ1n) is 4.21. The molecule has 1 N–H and O–H groups in total. The first-order valence-corrected chi connectivity index (χ1v) is 4.21. The van der Waals surface area contributed by atoms with Crippen molar-refractivity contribution >= 4 is 30.2 Å².